The number of sulfonamides is 1. The molecule has 37 heavy (non-hydrogen) atoms. The summed E-state index contributed by atoms with van der Waals surface area (Å²) in [5.74, 6) is -2.35. The van der Waals surface area contributed by atoms with Gasteiger partial charge in [-0.3, -0.25) is 9.59 Å². The Kier molecular flexibility index (Phi) is 6.41. The number of fused-ring (bicyclic) bond motifs is 1. The summed E-state index contributed by atoms with van der Waals surface area (Å²) in [5.41, 5.74) is 0.725. The number of hydrogen-bond donors (Lipinski definition) is 2. The van der Waals surface area contributed by atoms with Crippen molar-refractivity contribution in [3.8, 4) is 11.1 Å². The lowest BCUT2D eigenvalue weighted by molar-refractivity contribution is 0.0974. The van der Waals surface area contributed by atoms with Crippen LogP contribution in [0.25, 0.3) is 22.0 Å². The smallest absolute Gasteiger partial charge is 0.282 e. The Morgan fingerprint density at radius 2 is 1.92 bits per heavy atom. The van der Waals surface area contributed by atoms with Crippen molar-refractivity contribution >= 4 is 38.4 Å². The average molecular weight is 546 g/mol. The van der Waals surface area contributed by atoms with E-state index in [9.17, 15) is 26.8 Å². The molecule has 192 valence electrons. The second kappa shape index (κ2) is 9.42. The molecule has 4 aromatic rings. The molecule has 0 unspecified atom stereocenters. The van der Waals surface area contributed by atoms with Gasteiger partial charge in [0, 0.05) is 28.2 Å². The molecule has 0 radical (unpaired) electrons. The highest BCUT2D eigenvalue weighted by molar-refractivity contribution is 7.91. The minimum atomic E-state index is -3.97. The van der Waals surface area contributed by atoms with Crippen molar-refractivity contribution in [2.75, 3.05) is 0 Å². The van der Waals surface area contributed by atoms with Crippen molar-refractivity contribution in [1.82, 2.24) is 14.3 Å². The molecule has 2 N–H and O–H groups in total. The number of benzene rings is 2. The molecule has 7 nitrogen and oxygen atoms in total. The number of carbonyl (C=O) groups excluding carboxylic acids is 1. The molecule has 0 aliphatic heterocycles. The summed E-state index contributed by atoms with van der Waals surface area (Å²) in [7, 11) is -3.97. The molecule has 0 bridgehead atoms. The quantitative estimate of drug-likeness (QED) is 0.349. The Bertz CT molecular complexity index is 1730. The van der Waals surface area contributed by atoms with Gasteiger partial charge in [0.05, 0.1) is 22.4 Å². The lowest BCUT2D eigenvalue weighted by atomic mass is 10.0. The van der Waals surface area contributed by atoms with Crippen LogP contribution < -0.4 is 10.3 Å². The van der Waals surface area contributed by atoms with Gasteiger partial charge in [-0.1, -0.05) is 24.6 Å². The molecule has 0 atom stereocenters. The predicted octanol–water partition coefficient (Wildman–Crippen LogP) is 4.76. The molecule has 0 saturated heterocycles. The number of pyridine rings is 1. The zero-order valence-electron chi connectivity index (χ0n) is 19.6. The van der Waals surface area contributed by atoms with Crippen molar-refractivity contribution in [3.63, 3.8) is 0 Å². The fourth-order valence-corrected chi connectivity index (χ4v) is 5.85. The Balaban J connectivity index is 1.84. The van der Waals surface area contributed by atoms with E-state index in [0.29, 0.717) is 30.2 Å². The first kappa shape index (κ1) is 25.2. The van der Waals surface area contributed by atoms with E-state index in [1.807, 2.05) is 13.0 Å². The third kappa shape index (κ3) is 4.78. The standard InChI is InChI=1S/C26H22ClF2N3O4S/c1-2-14-3-8-22-19(9-14)23(20-11-16(27)12-30-25(20)33)24(26(34)31-37(35,36)18-5-6-18)32(22)13-15-10-17(28)4-7-21(15)29/h3-4,7-12,18H,2,5-6,13H2,1H3,(H,30,33)(H,31,34). The van der Waals surface area contributed by atoms with Gasteiger partial charge in [0.25, 0.3) is 11.5 Å². The summed E-state index contributed by atoms with van der Waals surface area (Å²) < 4.78 is 57.6. The number of aromatic nitrogens is 2. The lowest BCUT2D eigenvalue weighted by Crippen LogP contribution is -2.35. The highest BCUT2D eigenvalue weighted by Crippen LogP contribution is 2.37. The third-order valence-corrected chi connectivity index (χ3v) is 8.46. The van der Waals surface area contributed by atoms with E-state index >= 15 is 0 Å². The van der Waals surface area contributed by atoms with Crippen LogP contribution in [-0.2, 0) is 23.0 Å². The van der Waals surface area contributed by atoms with Crippen LogP contribution >= 0.6 is 11.6 Å². The second-order valence-corrected chi connectivity index (χ2v) is 11.4. The highest BCUT2D eigenvalue weighted by Gasteiger charge is 2.38. The van der Waals surface area contributed by atoms with Gasteiger partial charge in [-0.15, -0.1) is 0 Å². The van der Waals surface area contributed by atoms with Crippen LogP contribution in [0.15, 0.2) is 53.5 Å². The van der Waals surface area contributed by atoms with Crippen LogP contribution in [0.1, 0.15) is 41.4 Å². The second-order valence-electron chi connectivity index (χ2n) is 8.99. The molecule has 1 aliphatic rings. The minimum Gasteiger partial charge on any atom is -0.331 e. The van der Waals surface area contributed by atoms with Crippen LogP contribution in [0.2, 0.25) is 5.02 Å². The van der Waals surface area contributed by atoms with Crippen molar-refractivity contribution < 1.29 is 22.0 Å². The first-order valence-electron chi connectivity index (χ1n) is 11.6. The fourth-order valence-electron chi connectivity index (χ4n) is 4.41. The van der Waals surface area contributed by atoms with Gasteiger partial charge in [-0.2, -0.15) is 0 Å². The molecule has 11 heteroatoms. The van der Waals surface area contributed by atoms with E-state index in [2.05, 4.69) is 9.71 Å². The summed E-state index contributed by atoms with van der Waals surface area (Å²) in [6.07, 6.45) is 2.80. The molecule has 1 aliphatic carbocycles. The van der Waals surface area contributed by atoms with Gasteiger partial charge >= 0.3 is 0 Å². The Hall–Kier alpha value is -3.50. The van der Waals surface area contributed by atoms with Crippen LogP contribution in [0, 0.1) is 11.6 Å². The van der Waals surface area contributed by atoms with E-state index < -0.39 is 38.4 Å². The molecule has 2 heterocycles. The predicted molar refractivity (Wildman–Crippen MR) is 137 cm³/mol. The summed E-state index contributed by atoms with van der Waals surface area (Å²) in [6.45, 7) is 1.64. The van der Waals surface area contributed by atoms with Gasteiger partial charge in [-0.25, -0.2) is 21.9 Å². The Morgan fingerprint density at radius 3 is 2.62 bits per heavy atom. The first-order valence-corrected chi connectivity index (χ1v) is 13.5. The SMILES string of the molecule is CCc1ccc2c(c1)c(-c1cc(Cl)c[nH]c1=O)c(C(=O)NS(=O)(=O)C1CC1)n2Cc1cc(F)ccc1F. The zero-order chi connectivity index (χ0) is 26.5. The maximum Gasteiger partial charge on any atom is 0.282 e. The summed E-state index contributed by atoms with van der Waals surface area (Å²) in [6, 6.07) is 9.66. The minimum absolute atomic E-state index is 0.0400. The van der Waals surface area contributed by atoms with Gasteiger partial charge < -0.3 is 9.55 Å². The number of rotatable bonds is 7. The van der Waals surface area contributed by atoms with E-state index in [0.717, 1.165) is 23.8 Å². The van der Waals surface area contributed by atoms with Crippen molar-refractivity contribution in [2.45, 2.75) is 38.0 Å². The summed E-state index contributed by atoms with van der Waals surface area (Å²) >= 11 is 6.17. The number of amides is 1. The maximum atomic E-state index is 14.7. The molecule has 1 amide bonds. The van der Waals surface area contributed by atoms with E-state index in [-0.39, 0.29) is 34.0 Å². The molecule has 0 spiro atoms. The van der Waals surface area contributed by atoms with Gasteiger partial charge in [0.1, 0.15) is 17.3 Å². The van der Waals surface area contributed by atoms with Crippen LogP contribution in [-0.4, -0.2) is 29.1 Å². The lowest BCUT2D eigenvalue weighted by Gasteiger charge is -2.14. The zero-order valence-corrected chi connectivity index (χ0v) is 21.2. The van der Waals surface area contributed by atoms with Gasteiger partial charge in [0.15, 0.2) is 0 Å². The number of aromatic amines is 1. The summed E-state index contributed by atoms with van der Waals surface area (Å²) in [5, 5.41) is -0.0205. The molecule has 2 aromatic heterocycles. The van der Waals surface area contributed by atoms with E-state index in [1.54, 1.807) is 12.1 Å². The molecule has 1 fully saturated rings. The van der Waals surface area contributed by atoms with Crippen LogP contribution in [0.3, 0.4) is 0 Å². The number of aryl methyl sites for hydroxylation is 1. The molecule has 2 aromatic carbocycles. The van der Waals surface area contributed by atoms with Crippen molar-refractivity contribution in [1.29, 1.82) is 0 Å². The number of hydrogen-bond acceptors (Lipinski definition) is 4. The Labute approximate surface area is 216 Å². The first-order chi connectivity index (χ1) is 17.6. The van der Waals surface area contributed by atoms with Crippen molar-refractivity contribution in [2.24, 2.45) is 0 Å². The Morgan fingerprint density at radius 1 is 1.16 bits per heavy atom. The largest absolute Gasteiger partial charge is 0.331 e. The van der Waals surface area contributed by atoms with Crippen LogP contribution in [0.5, 0.6) is 0 Å². The number of H-pyrrole nitrogens is 1. The molecule has 1 saturated carbocycles. The number of nitrogens with one attached hydrogen (secondary N) is 2. The highest BCUT2D eigenvalue weighted by atomic mass is 35.5. The molecular weight excluding hydrogens is 524 g/mol. The number of nitrogens with zero attached hydrogens (tertiary/aromatic N) is 1. The number of halogens is 3. The fraction of sp³-hybridized carbons (Fsp3) is 0.231. The topological polar surface area (TPSA) is 101 Å². The van der Waals surface area contributed by atoms with E-state index in [1.165, 1.54) is 16.8 Å². The third-order valence-electron chi connectivity index (χ3n) is 6.42. The molecular formula is C26H22ClF2N3O4S. The van der Waals surface area contributed by atoms with Crippen molar-refractivity contribution in [3.05, 3.63) is 92.5 Å². The average Bonchev–Trinajstić information content (AvgIpc) is 3.67. The van der Waals surface area contributed by atoms with Crippen LogP contribution in [0.4, 0.5) is 8.78 Å². The number of carbonyl (C=O) groups is 1. The molecule has 5 rings (SSSR count). The van der Waals surface area contributed by atoms with Gasteiger partial charge in [-0.05, 0) is 61.2 Å². The monoisotopic (exact) mass is 545 g/mol. The normalized spacial score (nSPS) is 13.7. The van der Waals surface area contributed by atoms with Gasteiger partial charge in [0.2, 0.25) is 10.0 Å². The van der Waals surface area contributed by atoms with E-state index in [4.69, 9.17) is 11.6 Å². The summed E-state index contributed by atoms with van der Waals surface area (Å²) in [4.78, 5) is 29.1. The maximum absolute atomic E-state index is 14.7.